The summed E-state index contributed by atoms with van der Waals surface area (Å²) in [7, 11) is 0. The molecule has 2 nitrogen and oxygen atoms in total. The third kappa shape index (κ3) is 2.08. The molecule has 0 amide bonds. The predicted molar refractivity (Wildman–Crippen MR) is 71.5 cm³/mol. The van der Waals surface area contributed by atoms with Gasteiger partial charge in [0.15, 0.2) is 0 Å². The molecule has 0 spiro atoms. The lowest BCUT2D eigenvalue weighted by Crippen LogP contribution is -2.21. The number of pyridine rings is 1. The quantitative estimate of drug-likeness (QED) is 0.808. The van der Waals surface area contributed by atoms with Gasteiger partial charge >= 0.3 is 0 Å². The Morgan fingerprint density at radius 1 is 1.24 bits per heavy atom. The van der Waals surface area contributed by atoms with Crippen LogP contribution in [0.25, 0.3) is 16.5 Å². The number of aromatic nitrogens is 1. The molecule has 2 aromatic rings. The maximum Gasteiger partial charge on any atom is 0.0702 e. The summed E-state index contributed by atoms with van der Waals surface area (Å²) < 4.78 is 0. The fourth-order valence-corrected chi connectivity index (χ4v) is 2.39. The van der Waals surface area contributed by atoms with Crippen molar-refractivity contribution in [2.24, 2.45) is 5.73 Å². The number of allylic oxidation sites excluding steroid dienone is 1. The second kappa shape index (κ2) is 4.30. The molecule has 1 atom stereocenters. The largest absolute Gasteiger partial charge is 0.327 e. The highest BCUT2D eigenvalue weighted by atomic mass is 14.6. The van der Waals surface area contributed by atoms with E-state index in [1.54, 1.807) is 0 Å². The predicted octanol–water partition coefficient (Wildman–Crippen LogP) is 3.13. The van der Waals surface area contributed by atoms with E-state index in [0.717, 1.165) is 24.8 Å². The van der Waals surface area contributed by atoms with Gasteiger partial charge in [-0.2, -0.15) is 0 Å². The molecule has 0 saturated heterocycles. The molecule has 2 N–H and O–H groups in total. The van der Waals surface area contributed by atoms with Crippen LogP contribution < -0.4 is 5.73 Å². The second-order valence-electron chi connectivity index (χ2n) is 4.67. The van der Waals surface area contributed by atoms with Gasteiger partial charge in [0.1, 0.15) is 0 Å². The van der Waals surface area contributed by atoms with Crippen LogP contribution >= 0.6 is 0 Å². The van der Waals surface area contributed by atoms with Crippen molar-refractivity contribution in [3.8, 4) is 0 Å². The SMILES string of the molecule is NC1CC=C(c2ccc3ncccc3c2)CC1. The van der Waals surface area contributed by atoms with Gasteiger partial charge in [-0.1, -0.05) is 18.2 Å². The van der Waals surface area contributed by atoms with E-state index in [4.69, 9.17) is 5.73 Å². The zero-order valence-corrected chi connectivity index (χ0v) is 9.76. The van der Waals surface area contributed by atoms with Crippen LogP contribution in [0.5, 0.6) is 0 Å². The van der Waals surface area contributed by atoms with Crippen LogP contribution in [0.3, 0.4) is 0 Å². The first-order valence-electron chi connectivity index (χ1n) is 6.13. The van der Waals surface area contributed by atoms with Gasteiger partial charge in [-0.05, 0) is 48.6 Å². The molecule has 0 radical (unpaired) electrons. The molecule has 2 heteroatoms. The van der Waals surface area contributed by atoms with E-state index in [1.165, 1.54) is 16.5 Å². The fourth-order valence-electron chi connectivity index (χ4n) is 2.39. The molecule has 1 aromatic heterocycles. The fraction of sp³-hybridized carbons (Fsp3) is 0.267. The maximum absolute atomic E-state index is 5.91. The molecule has 0 bridgehead atoms. The Morgan fingerprint density at radius 2 is 2.18 bits per heavy atom. The molecule has 1 heterocycles. The summed E-state index contributed by atoms with van der Waals surface area (Å²) in [6.45, 7) is 0. The van der Waals surface area contributed by atoms with Crippen molar-refractivity contribution in [1.29, 1.82) is 0 Å². The van der Waals surface area contributed by atoms with E-state index in [2.05, 4.69) is 35.3 Å². The van der Waals surface area contributed by atoms with Gasteiger partial charge in [0.2, 0.25) is 0 Å². The summed E-state index contributed by atoms with van der Waals surface area (Å²) in [5.74, 6) is 0. The zero-order chi connectivity index (χ0) is 11.7. The molecule has 1 aromatic carbocycles. The minimum Gasteiger partial charge on any atom is -0.327 e. The van der Waals surface area contributed by atoms with Crippen molar-refractivity contribution in [1.82, 2.24) is 4.98 Å². The molecular weight excluding hydrogens is 208 g/mol. The second-order valence-corrected chi connectivity index (χ2v) is 4.67. The highest BCUT2D eigenvalue weighted by Gasteiger charge is 2.11. The van der Waals surface area contributed by atoms with Gasteiger partial charge in [-0.25, -0.2) is 0 Å². The van der Waals surface area contributed by atoms with E-state index < -0.39 is 0 Å². The lowest BCUT2D eigenvalue weighted by Gasteiger charge is -2.18. The van der Waals surface area contributed by atoms with Gasteiger partial charge in [0.25, 0.3) is 0 Å². The number of rotatable bonds is 1. The van der Waals surface area contributed by atoms with Crippen LogP contribution in [0.1, 0.15) is 24.8 Å². The van der Waals surface area contributed by atoms with E-state index in [9.17, 15) is 0 Å². The molecule has 17 heavy (non-hydrogen) atoms. The molecule has 0 aliphatic heterocycles. The number of benzene rings is 1. The summed E-state index contributed by atoms with van der Waals surface area (Å²) in [5, 5.41) is 1.21. The van der Waals surface area contributed by atoms with Gasteiger partial charge in [0.05, 0.1) is 5.52 Å². The van der Waals surface area contributed by atoms with Crippen molar-refractivity contribution >= 4 is 16.5 Å². The summed E-state index contributed by atoms with van der Waals surface area (Å²) in [5.41, 5.74) is 9.72. The highest BCUT2D eigenvalue weighted by Crippen LogP contribution is 2.28. The summed E-state index contributed by atoms with van der Waals surface area (Å²) in [4.78, 5) is 4.34. The van der Waals surface area contributed by atoms with Crippen LogP contribution in [0.4, 0.5) is 0 Å². The van der Waals surface area contributed by atoms with Crippen molar-refractivity contribution in [2.45, 2.75) is 25.3 Å². The third-order valence-electron chi connectivity index (χ3n) is 3.43. The molecule has 0 fully saturated rings. The Morgan fingerprint density at radius 3 is 3.00 bits per heavy atom. The van der Waals surface area contributed by atoms with Crippen molar-refractivity contribution in [2.75, 3.05) is 0 Å². The van der Waals surface area contributed by atoms with Gasteiger partial charge < -0.3 is 5.73 Å². The van der Waals surface area contributed by atoms with Crippen LogP contribution in [-0.4, -0.2) is 11.0 Å². The number of hydrogen-bond acceptors (Lipinski definition) is 2. The van der Waals surface area contributed by atoms with E-state index in [1.807, 2.05) is 12.3 Å². The third-order valence-corrected chi connectivity index (χ3v) is 3.43. The molecule has 0 saturated carbocycles. The first-order chi connectivity index (χ1) is 8.33. The Kier molecular flexibility index (Phi) is 2.65. The van der Waals surface area contributed by atoms with Crippen molar-refractivity contribution in [3.63, 3.8) is 0 Å². The molecule has 1 unspecified atom stereocenters. The summed E-state index contributed by atoms with van der Waals surface area (Å²) in [6.07, 6.45) is 7.30. The molecule has 3 rings (SSSR count). The minimum absolute atomic E-state index is 0.348. The minimum atomic E-state index is 0.348. The Balaban J connectivity index is 2.01. The van der Waals surface area contributed by atoms with Crippen LogP contribution in [0.2, 0.25) is 0 Å². The van der Waals surface area contributed by atoms with Gasteiger partial charge in [-0.15, -0.1) is 0 Å². The monoisotopic (exact) mass is 224 g/mol. The van der Waals surface area contributed by atoms with Gasteiger partial charge in [-0.3, -0.25) is 4.98 Å². The summed E-state index contributed by atoms with van der Waals surface area (Å²) >= 11 is 0. The van der Waals surface area contributed by atoms with Crippen LogP contribution in [-0.2, 0) is 0 Å². The van der Waals surface area contributed by atoms with Crippen molar-refractivity contribution < 1.29 is 0 Å². The average molecular weight is 224 g/mol. The Hall–Kier alpha value is -1.67. The van der Waals surface area contributed by atoms with E-state index >= 15 is 0 Å². The average Bonchev–Trinajstić information content (AvgIpc) is 2.39. The Bertz CT molecular complexity index is 572. The maximum atomic E-state index is 5.91. The number of fused-ring (bicyclic) bond motifs is 1. The lowest BCUT2D eigenvalue weighted by atomic mass is 9.90. The van der Waals surface area contributed by atoms with E-state index in [0.29, 0.717) is 6.04 Å². The number of nitrogens with zero attached hydrogens (tertiary/aromatic N) is 1. The van der Waals surface area contributed by atoms with E-state index in [-0.39, 0.29) is 0 Å². The van der Waals surface area contributed by atoms with Crippen LogP contribution in [0.15, 0.2) is 42.6 Å². The Labute approximate surface area is 101 Å². The van der Waals surface area contributed by atoms with Gasteiger partial charge in [0, 0.05) is 17.6 Å². The standard InChI is InChI=1S/C15H16N2/c16-14-6-3-11(4-7-14)12-5-8-15-13(10-12)2-1-9-17-15/h1-3,5,8-10,14H,4,6-7,16H2. The topological polar surface area (TPSA) is 38.9 Å². The zero-order valence-electron chi connectivity index (χ0n) is 9.76. The highest BCUT2D eigenvalue weighted by molar-refractivity contribution is 5.83. The number of hydrogen-bond donors (Lipinski definition) is 1. The van der Waals surface area contributed by atoms with Crippen molar-refractivity contribution in [3.05, 3.63) is 48.2 Å². The number of nitrogens with two attached hydrogens (primary N) is 1. The van der Waals surface area contributed by atoms with Crippen LogP contribution in [0, 0.1) is 0 Å². The normalized spacial score (nSPS) is 20.3. The lowest BCUT2D eigenvalue weighted by molar-refractivity contribution is 0.614. The summed E-state index contributed by atoms with van der Waals surface area (Å²) in [6, 6.07) is 10.9. The first-order valence-corrected chi connectivity index (χ1v) is 6.13. The molecule has 1 aliphatic rings. The smallest absolute Gasteiger partial charge is 0.0702 e. The molecule has 1 aliphatic carbocycles. The molecule has 86 valence electrons. The first kappa shape index (κ1) is 10.5. The molecular formula is C15H16N2.